The lowest BCUT2D eigenvalue weighted by molar-refractivity contribution is -0.131. The van der Waals surface area contributed by atoms with Crippen molar-refractivity contribution in [2.75, 3.05) is 13.6 Å². The molecule has 3 N–H and O–H groups in total. The summed E-state index contributed by atoms with van der Waals surface area (Å²) in [6.07, 6.45) is 0. The normalized spacial score (nSPS) is 12.7. The number of sulfonamides is 1. The first-order chi connectivity index (χ1) is 9.70. The van der Waals surface area contributed by atoms with E-state index in [1.165, 1.54) is 24.0 Å². The van der Waals surface area contributed by atoms with Crippen molar-refractivity contribution in [2.24, 2.45) is 5.73 Å². The average Bonchev–Trinajstić information content (AvgIpc) is 2.45. The van der Waals surface area contributed by atoms with Gasteiger partial charge in [-0.25, -0.2) is 8.42 Å². The highest BCUT2D eigenvalue weighted by Gasteiger charge is 2.25. The second-order valence-corrected chi connectivity index (χ2v) is 6.68. The Morgan fingerprint density at radius 2 is 2.00 bits per heavy atom. The summed E-state index contributed by atoms with van der Waals surface area (Å²) in [6, 6.07) is 5.27. The molecule has 1 rings (SSSR count). The number of likely N-dealkylation sites (N-methyl/N-ethyl adjacent to an activating group) is 1. The van der Waals surface area contributed by atoms with E-state index in [0.717, 1.165) is 0 Å². The number of benzene rings is 1. The van der Waals surface area contributed by atoms with Crippen molar-refractivity contribution in [2.45, 2.75) is 24.8 Å². The lowest BCUT2D eigenvalue weighted by Gasteiger charge is -2.21. The molecule has 0 fully saturated rings. The molecule has 0 aliphatic heterocycles. The van der Waals surface area contributed by atoms with Gasteiger partial charge in [-0.1, -0.05) is 30.4 Å². The minimum Gasteiger partial charge on any atom is -0.389 e. The number of amides is 1. The Morgan fingerprint density at radius 1 is 1.43 bits per heavy atom. The largest absolute Gasteiger partial charge is 0.389 e. The molecule has 116 valence electrons. The van der Waals surface area contributed by atoms with Crippen LogP contribution in [0.1, 0.15) is 19.4 Å². The van der Waals surface area contributed by atoms with Gasteiger partial charge in [-0.05, 0) is 19.9 Å². The quantitative estimate of drug-likeness (QED) is 0.740. The summed E-state index contributed by atoms with van der Waals surface area (Å²) < 4.78 is 27.1. The van der Waals surface area contributed by atoms with E-state index in [4.69, 9.17) is 18.0 Å². The minimum atomic E-state index is -3.89. The van der Waals surface area contributed by atoms with Gasteiger partial charge in [0.1, 0.15) is 4.99 Å². The van der Waals surface area contributed by atoms with Crippen LogP contribution >= 0.6 is 12.2 Å². The molecular formula is C13H19N3O3S2. The molecule has 8 heteroatoms. The van der Waals surface area contributed by atoms with Crippen LogP contribution in [0.15, 0.2) is 29.2 Å². The van der Waals surface area contributed by atoms with Crippen molar-refractivity contribution >= 4 is 33.1 Å². The third-order valence-electron chi connectivity index (χ3n) is 2.99. The van der Waals surface area contributed by atoms with Gasteiger partial charge in [0.25, 0.3) is 0 Å². The zero-order valence-electron chi connectivity index (χ0n) is 12.2. The van der Waals surface area contributed by atoms with Crippen LogP contribution in [0.5, 0.6) is 0 Å². The van der Waals surface area contributed by atoms with Crippen molar-refractivity contribution in [3.8, 4) is 0 Å². The molecule has 0 aliphatic carbocycles. The maximum atomic E-state index is 12.4. The number of thiocarbonyl (C=S) groups is 1. The van der Waals surface area contributed by atoms with Crippen molar-refractivity contribution in [3.63, 3.8) is 0 Å². The molecule has 0 spiro atoms. The smallest absolute Gasteiger partial charge is 0.241 e. The molecule has 1 aromatic carbocycles. The summed E-state index contributed by atoms with van der Waals surface area (Å²) >= 11 is 4.85. The van der Waals surface area contributed by atoms with Crippen LogP contribution in [-0.2, 0) is 14.8 Å². The molecule has 1 aromatic rings. The van der Waals surface area contributed by atoms with Crippen LogP contribution in [0, 0.1) is 0 Å². The summed E-state index contributed by atoms with van der Waals surface area (Å²) in [7, 11) is -2.28. The Kier molecular flexibility index (Phi) is 5.82. The van der Waals surface area contributed by atoms with Crippen molar-refractivity contribution < 1.29 is 13.2 Å². The van der Waals surface area contributed by atoms with Gasteiger partial charge in [0.05, 0.1) is 10.9 Å². The van der Waals surface area contributed by atoms with Gasteiger partial charge in [0.2, 0.25) is 15.9 Å². The molecule has 21 heavy (non-hydrogen) atoms. The Bertz CT molecular complexity index is 644. The highest BCUT2D eigenvalue weighted by atomic mass is 32.2. The van der Waals surface area contributed by atoms with Crippen molar-refractivity contribution in [3.05, 3.63) is 29.8 Å². The number of rotatable bonds is 6. The fourth-order valence-electron chi connectivity index (χ4n) is 1.74. The van der Waals surface area contributed by atoms with Crippen molar-refractivity contribution in [1.82, 2.24) is 9.62 Å². The molecule has 0 aliphatic rings. The molecule has 0 saturated carbocycles. The Labute approximate surface area is 130 Å². The number of carbonyl (C=O) groups is 1. The fourth-order valence-corrected chi connectivity index (χ4v) is 3.40. The van der Waals surface area contributed by atoms with Gasteiger partial charge in [-0.15, -0.1) is 0 Å². The molecule has 0 heterocycles. The van der Waals surface area contributed by atoms with Crippen molar-refractivity contribution in [1.29, 1.82) is 0 Å². The lowest BCUT2D eigenvalue weighted by atomic mass is 10.2. The summed E-state index contributed by atoms with van der Waals surface area (Å²) in [4.78, 5) is 13.3. The van der Waals surface area contributed by atoms with E-state index in [1.807, 2.05) is 0 Å². The molecule has 1 amide bonds. The summed E-state index contributed by atoms with van der Waals surface area (Å²) in [6.45, 7) is 3.80. The zero-order chi connectivity index (χ0) is 16.2. The van der Waals surface area contributed by atoms with E-state index in [2.05, 4.69) is 4.72 Å². The highest BCUT2D eigenvalue weighted by molar-refractivity contribution is 7.89. The van der Waals surface area contributed by atoms with Crippen LogP contribution in [0.25, 0.3) is 0 Å². The Balaban J connectivity index is 3.08. The first-order valence-corrected chi connectivity index (χ1v) is 8.26. The molecule has 6 nitrogen and oxygen atoms in total. The topological polar surface area (TPSA) is 92.5 Å². The van der Waals surface area contributed by atoms with Crippen LogP contribution in [0.3, 0.4) is 0 Å². The van der Waals surface area contributed by atoms with Gasteiger partial charge in [-0.3, -0.25) is 4.79 Å². The standard InChI is InChI=1S/C13H19N3O3S2/c1-4-16(3)13(17)9(2)15-21(18,19)11-8-6-5-7-10(11)12(14)20/h5-9,15H,4H2,1-3H3,(H2,14,20). The second-order valence-electron chi connectivity index (χ2n) is 4.56. The minimum absolute atomic E-state index is 0.0133. The molecule has 0 saturated heterocycles. The van der Waals surface area contributed by atoms with Crippen LogP contribution in [0.2, 0.25) is 0 Å². The maximum absolute atomic E-state index is 12.4. The van der Waals surface area contributed by atoms with Gasteiger partial charge < -0.3 is 10.6 Å². The van der Waals surface area contributed by atoms with E-state index in [9.17, 15) is 13.2 Å². The maximum Gasteiger partial charge on any atom is 0.241 e. The molecule has 1 unspecified atom stereocenters. The summed E-state index contributed by atoms with van der Waals surface area (Å²) in [5.74, 6) is -0.311. The number of nitrogens with zero attached hydrogens (tertiary/aromatic N) is 1. The monoisotopic (exact) mass is 329 g/mol. The lowest BCUT2D eigenvalue weighted by Crippen LogP contribution is -2.45. The second kappa shape index (κ2) is 6.97. The molecule has 0 radical (unpaired) electrons. The van der Waals surface area contributed by atoms with E-state index < -0.39 is 16.1 Å². The number of hydrogen-bond donors (Lipinski definition) is 2. The third-order valence-corrected chi connectivity index (χ3v) is 4.81. The van der Waals surface area contributed by atoms with E-state index in [0.29, 0.717) is 6.54 Å². The first-order valence-electron chi connectivity index (χ1n) is 6.36. The average molecular weight is 329 g/mol. The Morgan fingerprint density at radius 3 is 2.52 bits per heavy atom. The number of hydrogen-bond acceptors (Lipinski definition) is 4. The van der Waals surface area contributed by atoms with Gasteiger partial charge in [0, 0.05) is 19.2 Å². The predicted molar refractivity (Wildman–Crippen MR) is 85.4 cm³/mol. The zero-order valence-corrected chi connectivity index (χ0v) is 13.8. The molecular weight excluding hydrogens is 310 g/mol. The van der Waals surface area contributed by atoms with Crippen LogP contribution in [0.4, 0.5) is 0 Å². The summed E-state index contributed by atoms with van der Waals surface area (Å²) in [5, 5.41) is 0. The van der Waals surface area contributed by atoms with Crippen LogP contribution < -0.4 is 10.5 Å². The fraction of sp³-hybridized carbons (Fsp3) is 0.385. The first kappa shape index (κ1) is 17.5. The van der Waals surface area contributed by atoms with Gasteiger partial charge in [0.15, 0.2) is 0 Å². The number of nitrogens with one attached hydrogen (secondary N) is 1. The van der Waals surface area contributed by atoms with E-state index in [1.54, 1.807) is 26.1 Å². The number of nitrogens with two attached hydrogens (primary N) is 1. The molecule has 1 atom stereocenters. The molecule has 0 aromatic heterocycles. The van der Waals surface area contributed by atoms with Gasteiger partial charge >= 0.3 is 0 Å². The van der Waals surface area contributed by atoms with Gasteiger partial charge in [-0.2, -0.15) is 4.72 Å². The predicted octanol–water partition coefficient (Wildman–Crippen LogP) is 0.466. The Hall–Kier alpha value is -1.51. The molecule has 0 bridgehead atoms. The van der Waals surface area contributed by atoms with E-state index >= 15 is 0 Å². The SMILES string of the molecule is CCN(C)C(=O)C(C)NS(=O)(=O)c1ccccc1C(N)=S. The highest BCUT2D eigenvalue weighted by Crippen LogP contribution is 2.15. The summed E-state index contributed by atoms with van der Waals surface area (Å²) in [5.41, 5.74) is 5.79. The third kappa shape index (κ3) is 4.23. The van der Waals surface area contributed by atoms with E-state index in [-0.39, 0.29) is 21.4 Å². The van der Waals surface area contributed by atoms with Crippen LogP contribution in [-0.4, -0.2) is 43.8 Å². The number of carbonyl (C=O) groups excluding carboxylic acids is 1.